The maximum absolute atomic E-state index is 13.2. The van der Waals surface area contributed by atoms with E-state index < -0.39 is 12.1 Å². The second-order valence-corrected chi connectivity index (χ2v) is 7.96. The molecular formula is C20H22F3N5O4S. The highest BCUT2D eigenvalue weighted by Gasteiger charge is 2.38. The first-order valence-electron chi connectivity index (χ1n) is 9.97. The number of carboxylic acids is 1. The molecule has 3 N–H and O–H groups in total. The van der Waals surface area contributed by atoms with Gasteiger partial charge in [-0.3, -0.25) is 4.79 Å². The molecule has 1 saturated heterocycles. The minimum Gasteiger partial charge on any atom is -0.481 e. The standard InChI is InChI=1S/C18H21N5O2S.C2HF3O2/c1-3-12-14(23-8-6-19-7-9-23)15(24)16-17(21-12)22-18(26-16)11-4-5-20-13(10-11)25-2;3-2(4,5)1(6)7/h4-5,10,19H,3,6-9H2,1-2H3,(H,21,24);(H,6,7). The fourth-order valence-electron chi connectivity index (χ4n) is 3.26. The van der Waals surface area contributed by atoms with E-state index in [1.807, 2.05) is 12.1 Å². The van der Waals surface area contributed by atoms with Crippen molar-refractivity contribution in [3.63, 3.8) is 0 Å². The number of aryl methyl sites for hydroxylation is 1. The van der Waals surface area contributed by atoms with E-state index in [9.17, 15) is 18.0 Å². The molecule has 9 nitrogen and oxygen atoms in total. The van der Waals surface area contributed by atoms with Crippen molar-refractivity contribution in [2.24, 2.45) is 0 Å². The summed E-state index contributed by atoms with van der Waals surface area (Å²) in [6.07, 6.45) is -2.63. The largest absolute Gasteiger partial charge is 0.490 e. The summed E-state index contributed by atoms with van der Waals surface area (Å²) in [6, 6.07) is 3.71. The van der Waals surface area contributed by atoms with E-state index in [1.54, 1.807) is 13.3 Å². The average molecular weight is 485 g/mol. The van der Waals surface area contributed by atoms with Crippen LogP contribution in [-0.2, 0) is 11.2 Å². The topological polar surface area (TPSA) is 120 Å². The summed E-state index contributed by atoms with van der Waals surface area (Å²) < 4.78 is 37.6. The predicted octanol–water partition coefficient (Wildman–Crippen LogP) is 2.66. The molecule has 0 atom stereocenters. The van der Waals surface area contributed by atoms with E-state index in [4.69, 9.17) is 14.6 Å². The number of hydrogen-bond donors (Lipinski definition) is 3. The van der Waals surface area contributed by atoms with E-state index >= 15 is 0 Å². The smallest absolute Gasteiger partial charge is 0.481 e. The molecule has 0 saturated carbocycles. The first-order valence-corrected chi connectivity index (χ1v) is 10.8. The summed E-state index contributed by atoms with van der Waals surface area (Å²) in [6.45, 7) is 5.53. The van der Waals surface area contributed by atoms with Gasteiger partial charge in [-0.25, -0.2) is 14.8 Å². The number of nitrogens with one attached hydrogen (secondary N) is 2. The van der Waals surface area contributed by atoms with Gasteiger partial charge in [-0.15, -0.1) is 11.3 Å². The number of pyridine rings is 2. The maximum Gasteiger partial charge on any atom is 0.490 e. The second-order valence-electron chi connectivity index (χ2n) is 6.96. The molecule has 4 heterocycles. The highest BCUT2D eigenvalue weighted by atomic mass is 32.1. The second kappa shape index (κ2) is 10.2. The molecule has 1 aliphatic rings. The molecule has 0 amide bonds. The Balaban J connectivity index is 0.000000383. The summed E-state index contributed by atoms with van der Waals surface area (Å²) in [4.78, 5) is 36.5. The summed E-state index contributed by atoms with van der Waals surface area (Å²) >= 11 is 1.41. The Labute approximate surface area is 190 Å². The van der Waals surface area contributed by atoms with Crippen molar-refractivity contribution < 1.29 is 27.8 Å². The molecule has 1 fully saturated rings. The first-order chi connectivity index (χ1) is 15.7. The van der Waals surface area contributed by atoms with Gasteiger partial charge in [0.2, 0.25) is 11.3 Å². The van der Waals surface area contributed by atoms with Crippen LogP contribution in [0, 0.1) is 0 Å². The number of carboxylic acid groups (broad SMARTS) is 1. The molecule has 0 aliphatic carbocycles. The lowest BCUT2D eigenvalue weighted by Crippen LogP contribution is -2.45. The minimum absolute atomic E-state index is 0.0715. The van der Waals surface area contributed by atoms with Gasteiger partial charge in [0.1, 0.15) is 15.4 Å². The average Bonchev–Trinajstić information content (AvgIpc) is 3.24. The van der Waals surface area contributed by atoms with E-state index in [2.05, 4.69) is 32.1 Å². The summed E-state index contributed by atoms with van der Waals surface area (Å²) in [5.41, 5.74) is 3.37. The monoisotopic (exact) mass is 485 g/mol. The quantitative estimate of drug-likeness (QED) is 0.516. The molecule has 0 spiro atoms. The van der Waals surface area contributed by atoms with Gasteiger partial charge in [0.05, 0.1) is 7.11 Å². The van der Waals surface area contributed by atoms with E-state index in [-0.39, 0.29) is 5.43 Å². The Morgan fingerprint density at radius 2 is 2.00 bits per heavy atom. The van der Waals surface area contributed by atoms with Crippen LogP contribution in [0.2, 0.25) is 0 Å². The zero-order chi connectivity index (χ0) is 24.2. The molecule has 3 aromatic rings. The maximum atomic E-state index is 13.2. The van der Waals surface area contributed by atoms with Crippen LogP contribution in [0.4, 0.5) is 18.9 Å². The molecular weight excluding hydrogens is 463 g/mol. The number of aromatic nitrogens is 3. The minimum atomic E-state index is -5.08. The SMILES string of the molecule is CCc1[nH]c2nc(-c3ccnc(OC)c3)sc2c(=O)c1N1CCNCC1.O=C(O)C(F)(F)F. The third-order valence-corrected chi connectivity index (χ3v) is 5.93. The van der Waals surface area contributed by atoms with E-state index in [0.717, 1.165) is 54.6 Å². The van der Waals surface area contributed by atoms with Crippen LogP contribution in [0.15, 0.2) is 23.1 Å². The number of H-pyrrole nitrogens is 1. The zero-order valence-electron chi connectivity index (χ0n) is 17.8. The lowest BCUT2D eigenvalue weighted by atomic mass is 10.2. The molecule has 178 valence electrons. The fraction of sp³-hybridized carbons (Fsp3) is 0.400. The molecule has 0 radical (unpaired) electrons. The van der Waals surface area contributed by atoms with Gasteiger partial charge in [-0.2, -0.15) is 13.2 Å². The van der Waals surface area contributed by atoms with Gasteiger partial charge >= 0.3 is 12.1 Å². The Morgan fingerprint density at radius 3 is 2.58 bits per heavy atom. The number of anilines is 1. The van der Waals surface area contributed by atoms with Crippen LogP contribution in [-0.4, -0.2) is 65.5 Å². The van der Waals surface area contributed by atoms with Crippen molar-refractivity contribution in [2.75, 3.05) is 38.2 Å². The van der Waals surface area contributed by atoms with E-state index in [1.165, 1.54) is 11.3 Å². The first kappa shape index (κ1) is 24.5. The molecule has 4 rings (SSSR count). The van der Waals surface area contributed by atoms with Gasteiger partial charge in [-0.05, 0) is 12.5 Å². The van der Waals surface area contributed by atoms with Crippen LogP contribution in [0.25, 0.3) is 20.9 Å². The molecule has 3 aromatic heterocycles. The van der Waals surface area contributed by atoms with Crippen molar-refractivity contribution in [3.8, 4) is 16.5 Å². The number of aromatic amines is 1. The molecule has 13 heteroatoms. The Morgan fingerprint density at radius 1 is 1.33 bits per heavy atom. The third-order valence-electron chi connectivity index (χ3n) is 4.82. The lowest BCUT2D eigenvalue weighted by molar-refractivity contribution is -0.192. The van der Waals surface area contributed by atoms with Crippen molar-refractivity contribution in [2.45, 2.75) is 19.5 Å². The summed E-state index contributed by atoms with van der Waals surface area (Å²) in [5, 5.41) is 11.2. The molecule has 1 aliphatic heterocycles. The zero-order valence-corrected chi connectivity index (χ0v) is 18.6. The van der Waals surface area contributed by atoms with Crippen molar-refractivity contribution >= 4 is 33.3 Å². The van der Waals surface area contributed by atoms with Gasteiger partial charge in [0.15, 0.2) is 5.65 Å². The number of alkyl halides is 3. The number of carbonyl (C=O) groups is 1. The Hall–Kier alpha value is -3.19. The number of piperazine rings is 1. The fourth-order valence-corrected chi connectivity index (χ4v) is 4.22. The highest BCUT2D eigenvalue weighted by molar-refractivity contribution is 7.21. The van der Waals surface area contributed by atoms with Crippen LogP contribution in [0.3, 0.4) is 0 Å². The van der Waals surface area contributed by atoms with Gasteiger partial charge < -0.3 is 25.0 Å². The number of fused-ring (bicyclic) bond motifs is 1. The van der Waals surface area contributed by atoms with Gasteiger partial charge in [-0.1, -0.05) is 6.92 Å². The number of thiazole rings is 1. The third kappa shape index (κ3) is 5.60. The van der Waals surface area contributed by atoms with Gasteiger partial charge in [0, 0.05) is 49.7 Å². The normalized spacial score (nSPS) is 14.0. The number of nitrogens with zero attached hydrogens (tertiary/aromatic N) is 3. The molecule has 0 bridgehead atoms. The Bertz CT molecular complexity index is 1190. The number of methoxy groups -OCH3 is 1. The summed E-state index contributed by atoms with van der Waals surface area (Å²) in [7, 11) is 1.58. The molecule has 33 heavy (non-hydrogen) atoms. The number of ether oxygens (including phenoxy) is 1. The predicted molar refractivity (Wildman–Crippen MR) is 118 cm³/mol. The van der Waals surface area contributed by atoms with Crippen LogP contribution < -0.4 is 20.4 Å². The molecule has 0 unspecified atom stereocenters. The Kier molecular flexibility index (Phi) is 7.53. The lowest BCUT2D eigenvalue weighted by Gasteiger charge is -2.30. The number of aliphatic carboxylic acids is 1. The summed E-state index contributed by atoms with van der Waals surface area (Å²) in [5.74, 6) is -2.23. The van der Waals surface area contributed by atoms with Crippen molar-refractivity contribution in [3.05, 3.63) is 34.2 Å². The molecule has 0 aromatic carbocycles. The van der Waals surface area contributed by atoms with Crippen LogP contribution >= 0.6 is 11.3 Å². The van der Waals surface area contributed by atoms with Crippen molar-refractivity contribution in [1.82, 2.24) is 20.3 Å². The number of rotatable bonds is 4. The van der Waals surface area contributed by atoms with Crippen molar-refractivity contribution in [1.29, 1.82) is 0 Å². The van der Waals surface area contributed by atoms with Gasteiger partial charge in [0.25, 0.3) is 0 Å². The van der Waals surface area contributed by atoms with E-state index in [0.29, 0.717) is 16.2 Å². The highest BCUT2D eigenvalue weighted by Crippen LogP contribution is 2.31. The van der Waals surface area contributed by atoms with Crippen LogP contribution in [0.5, 0.6) is 5.88 Å². The van der Waals surface area contributed by atoms with Crippen LogP contribution in [0.1, 0.15) is 12.6 Å². The number of hydrogen-bond acceptors (Lipinski definition) is 8. The number of halogens is 3.